The zero-order valence-corrected chi connectivity index (χ0v) is 18.7. The van der Waals surface area contributed by atoms with Crippen LogP contribution in [-0.4, -0.2) is 37.4 Å². The van der Waals surface area contributed by atoms with Gasteiger partial charge in [-0.3, -0.25) is 19.9 Å². The molecule has 0 fully saturated rings. The minimum Gasteiger partial charge on any atom is -0.403 e. The predicted octanol–water partition coefficient (Wildman–Crippen LogP) is 2.92. The molecular weight excluding hydrogens is 467 g/mol. The third kappa shape index (κ3) is 6.02. The molecule has 0 aliphatic carbocycles. The van der Waals surface area contributed by atoms with Crippen LogP contribution in [0.1, 0.15) is 11.3 Å². The molecular formula is C20H21N6O7P. The van der Waals surface area contributed by atoms with Gasteiger partial charge in [0.15, 0.2) is 19.5 Å². The standard InChI is InChI=1S/C20H21N6O7P/c21-20-23-18-17(19(27)24-20)22-12-25(18)8-9-30-13-34(31-10-14-4-2-1-3-5-14)32-11-15-6-7-16(33-15)26(28)29/h1-7,12H,8-11,13H2,(H3,21,23,24,27). The molecule has 4 aromatic rings. The molecule has 1 atom stereocenters. The Morgan fingerprint density at radius 1 is 1.18 bits per heavy atom. The molecule has 178 valence electrons. The van der Waals surface area contributed by atoms with Gasteiger partial charge in [-0.05, 0) is 11.6 Å². The molecule has 4 rings (SSSR count). The smallest absolute Gasteiger partial charge is 0.403 e. The van der Waals surface area contributed by atoms with Gasteiger partial charge in [0, 0.05) is 6.54 Å². The second-order valence-corrected chi connectivity index (χ2v) is 8.40. The quantitative estimate of drug-likeness (QED) is 0.131. The average molecular weight is 488 g/mol. The third-order valence-electron chi connectivity index (χ3n) is 4.56. The maximum Gasteiger partial charge on any atom is 0.433 e. The van der Waals surface area contributed by atoms with E-state index in [1.807, 2.05) is 30.3 Å². The normalized spacial score (nSPS) is 12.2. The van der Waals surface area contributed by atoms with Crippen LogP contribution in [0.25, 0.3) is 11.2 Å². The molecule has 0 aliphatic rings. The molecule has 0 amide bonds. The second-order valence-electron chi connectivity index (χ2n) is 6.96. The van der Waals surface area contributed by atoms with E-state index in [4.69, 9.17) is 23.9 Å². The number of ether oxygens (including phenoxy) is 1. The van der Waals surface area contributed by atoms with Gasteiger partial charge in [0.1, 0.15) is 23.6 Å². The highest BCUT2D eigenvalue weighted by molar-refractivity contribution is 7.46. The van der Waals surface area contributed by atoms with Gasteiger partial charge < -0.3 is 28.5 Å². The number of nitrogens with one attached hydrogen (secondary N) is 1. The van der Waals surface area contributed by atoms with Crippen LogP contribution < -0.4 is 11.3 Å². The summed E-state index contributed by atoms with van der Waals surface area (Å²) >= 11 is 0. The Bertz CT molecular complexity index is 1310. The first-order valence-electron chi connectivity index (χ1n) is 10.1. The summed E-state index contributed by atoms with van der Waals surface area (Å²) in [6.45, 7) is 0.948. The molecule has 0 aliphatic heterocycles. The number of nitro groups is 1. The maximum atomic E-state index is 11.9. The largest absolute Gasteiger partial charge is 0.433 e. The number of imidazole rings is 1. The van der Waals surface area contributed by atoms with Gasteiger partial charge in [0.2, 0.25) is 5.95 Å². The fourth-order valence-corrected chi connectivity index (χ4v) is 4.01. The highest BCUT2D eigenvalue weighted by Crippen LogP contribution is 2.40. The van der Waals surface area contributed by atoms with E-state index in [1.54, 1.807) is 4.57 Å². The number of hydrogen-bond donors (Lipinski definition) is 2. The van der Waals surface area contributed by atoms with Crippen LogP contribution in [0.2, 0.25) is 0 Å². The number of anilines is 1. The molecule has 0 bridgehead atoms. The highest BCUT2D eigenvalue weighted by atomic mass is 31.2. The van der Waals surface area contributed by atoms with Crippen LogP contribution in [0.3, 0.4) is 0 Å². The first-order valence-corrected chi connectivity index (χ1v) is 11.4. The summed E-state index contributed by atoms with van der Waals surface area (Å²) in [5.41, 5.74) is 6.72. The lowest BCUT2D eigenvalue weighted by Gasteiger charge is -2.17. The molecule has 3 aromatic heterocycles. The van der Waals surface area contributed by atoms with E-state index < -0.39 is 18.9 Å². The van der Waals surface area contributed by atoms with Crippen molar-refractivity contribution in [3.63, 3.8) is 0 Å². The van der Waals surface area contributed by atoms with E-state index in [1.165, 1.54) is 18.5 Å². The lowest BCUT2D eigenvalue weighted by atomic mass is 10.2. The Morgan fingerprint density at radius 2 is 1.97 bits per heavy atom. The summed E-state index contributed by atoms with van der Waals surface area (Å²) in [7, 11) is -1.50. The van der Waals surface area contributed by atoms with Crippen LogP contribution >= 0.6 is 8.38 Å². The number of hydrogen-bond acceptors (Lipinski definition) is 10. The number of rotatable bonds is 12. The second kappa shape index (κ2) is 11.0. The monoisotopic (exact) mass is 488 g/mol. The number of nitrogens with zero attached hydrogens (tertiary/aromatic N) is 4. The summed E-state index contributed by atoms with van der Waals surface area (Å²) < 4.78 is 24.2. The van der Waals surface area contributed by atoms with Crippen molar-refractivity contribution < 1.29 is 23.1 Å². The first-order chi connectivity index (χ1) is 16.5. The van der Waals surface area contributed by atoms with E-state index >= 15 is 0 Å². The molecule has 0 radical (unpaired) electrons. The Hall–Kier alpha value is -3.64. The highest BCUT2D eigenvalue weighted by Gasteiger charge is 2.17. The van der Waals surface area contributed by atoms with Gasteiger partial charge >= 0.3 is 5.88 Å². The first kappa shape index (κ1) is 23.5. The Kier molecular flexibility index (Phi) is 7.60. The van der Waals surface area contributed by atoms with E-state index in [9.17, 15) is 14.9 Å². The number of aromatic nitrogens is 4. The summed E-state index contributed by atoms with van der Waals surface area (Å²) in [6.07, 6.45) is 1.64. The van der Waals surface area contributed by atoms with Gasteiger partial charge in [-0.2, -0.15) is 4.98 Å². The fraction of sp³-hybridized carbons (Fsp3) is 0.250. The topological polar surface area (TPSA) is 174 Å². The van der Waals surface area contributed by atoms with Gasteiger partial charge in [0.25, 0.3) is 5.56 Å². The molecule has 14 heteroatoms. The van der Waals surface area contributed by atoms with Crippen molar-refractivity contribution in [1.82, 2.24) is 19.5 Å². The Morgan fingerprint density at radius 3 is 2.74 bits per heavy atom. The van der Waals surface area contributed by atoms with Crippen LogP contribution in [0.15, 0.2) is 58.0 Å². The van der Waals surface area contributed by atoms with Gasteiger partial charge in [-0.1, -0.05) is 30.3 Å². The van der Waals surface area contributed by atoms with Crippen LogP contribution in [0.5, 0.6) is 0 Å². The van der Waals surface area contributed by atoms with Crippen molar-refractivity contribution in [2.45, 2.75) is 19.8 Å². The zero-order chi connectivity index (χ0) is 23.9. The van der Waals surface area contributed by atoms with Gasteiger partial charge in [-0.15, -0.1) is 0 Å². The fourth-order valence-electron chi connectivity index (χ4n) is 2.95. The van der Waals surface area contributed by atoms with E-state index in [0.29, 0.717) is 24.6 Å². The molecule has 1 aromatic carbocycles. The Balaban J connectivity index is 1.33. The van der Waals surface area contributed by atoms with E-state index in [0.717, 1.165) is 5.56 Å². The Labute approximate surface area is 193 Å². The number of fused-ring (bicyclic) bond motifs is 1. The molecule has 0 spiro atoms. The van der Waals surface area contributed by atoms with Crippen molar-refractivity contribution in [1.29, 1.82) is 0 Å². The lowest BCUT2D eigenvalue weighted by molar-refractivity contribution is -0.402. The van der Waals surface area contributed by atoms with Crippen molar-refractivity contribution in [2.24, 2.45) is 0 Å². The SMILES string of the molecule is Nc1nc2c(ncn2CCOCP(OCc2ccccc2)OCc2ccc([N+](=O)[O-])o2)c(=O)[nH]1. The molecule has 13 nitrogen and oxygen atoms in total. The van der Waals surface area contributed by atoms with Crippen LogP contribution in [-0.2, 0) is 33.5 Å². The number of aromatic amines is 1. The summed E-state index contributed by atoms with van der Waals surface area (Å²) in [5.74, 6) is -0.0455. The molecule has 0 saturated heterocycles. The predicted molar refractivity (Wildman–Crippen MR) is 122 cm³/mol. The minimum absolute atomic E-state index is 0.00414. The third-order valence-corrected chi connectivity index (χ3v) is 5.79. The summed E-state index contributed by atoms with van der Waals surface area (Å²) in [4.78, 5) is 32.6. The molecule has 0 saturated carbocycles. The number of nitrogens with two attached hydrogens (primary N) is 1. The maximum absolute atomic E-state index is 11.9. The number of furan rings is 1. The number of H-pyrrole nitrogens is 1. The minimum atomic E-state index is -1.50. The van der Waals surface area contributed by atoms with Crippen molar-refractivity contribution >= 4 is 31.4 Å². The molecule has 3 heterocycles. The zero-order valence-electron chi connectivity index (χ0n) is 17.8. The van der Waals surface area contributed by atoms with Gasteiger partial charge in [0.05, 0.1) is 25.6 Å². The van der Waals surface area contributed by atoms with E-state index in [-0.39, 0.29) is 36.9 Å². The van der Waals surface area contributed by atoms with Crippen molar-refractivity contribution in [3.8, 4) is 0 Å². The van der Waals surface area contributed by atoms with Gasteiger partial charge in [-0.25, -0.2) is 4.98 Å². The summed E-state index contributed by atoms with van der Waals surface area (Å²) in [5, 5.41) is 10.8. The lowest BCUT2D eigenvalue weighted by Crippen LogP contribution is -2.13. The van der Waals surface area contributed by atoms with Crippen molar-refractivity contribution in [3.05, 3.63) is 80.6 Å². The van der Waals surface area contributed by atoms with Crippen molar-refractivity contribution in [2.75, 3.05) is 18.7 Å². The average Bonchev–Trinajstić information content (AvgIpc) is 3.46. The molecule has 3 N–H and O–H groups in total. The molecule has 1 unspecified atom stereocenters. The summed E-state index contributed by atoms with van der Waals surface area (Å²) in [6, 6.07) is 12.3. The van der Waals surface area contributed by atoms with Crippen LogP contribution in [0.4, 0.5) is 11.8 Å². The number of benzene rings is 1. The molecule has 34 heavy (non-hydrogen) atoms. The van der Waals surface area contributed by atoms with Crippen LogP contribution in [0, 0.1) is 10.1 Å². The number of nitrogen functional groups attached to an aromatic ring is 1. The van der Waals surface area contributed by atoms with E-state index in [2.05, 4.69) is 15.0 Å².